The number of aliphatic hydroxyl groups excluding tert-OH is 1. The fourth-order valence-corrected chi connectivity index (χ4v) is 5.15. The third-order valence-corrected chi connectivity index (χ3v) is 7.32. The Bertz CT molecular complexity index is 1310. The number of nitrogens with two attached hydrogens (primary N) is 1. The van der Waals surface area contributed by atoms with E-state index in [-0.39, 0.29) is 19.6 Å². The predicted octanol–water partition coefficient (Wildman–Crippen LogP) is 1.37. The summed E-state index contributed by atoms with van der Waals surface area (Å²) in [6.45, 7) is 5.43. The van der Waals surface area contributed by atoms with Crippen molar-refractivity contribution in [3.8, 4) is 0 Å². The van der Waals surface area contributed by atoms with Gasteiger partial charge in [-0.25, -0.2) is 4.79 Å². The second kappa shape index (κ2) is 15.5. The van der Waals surface area contributed by atoms with Gasteiger partial charge >= 0.3 is 6.09 Å². The molecule has 0 bridgehead atoms. The molecule has 0 spiro atoms. The summed E-state index contributed by atoms with van der Waals surface area (Å²) in [5.41, 5.74) is 6.15. The highest BCUT2D eigenvalue weighted by Gasteiger charge is 2.45. The van der Waals surface area contributed by atoms with E-state index in [0.717, 1.165) is 0 Å². The van der Waals surface area contributed by atoms with Crippen LogP contribution in [0.1, 0.15) is 44.7 Å². The summed E-state index contributed by atoms with van der Waals surface area (Å²) in [5, 5.41) is 18.4. The lowest BCUT2D eigenvalue weighted by molar-refractivity contribution is -0.147. The Kier molecular flexibility index (Phi) is 12.1. The summed E-state index contributed by atoms with van der Waals surface area (Å²) in [7, 11) is 0. The summed E-state index contributed by atoms with van der Waals surface area (Å²) in [4.78, 5) is 65.6. The number of halogens is 1. The minimum atomic E-state index is -1.80. The molecule has 1 aliphatic rings. The predicted molar refractivity (Wildman–Crippen MR) is 163 cm³/mol. The van der Waals surface area contributed by atoms with Crippen LogP contribution in [0.15, 0.2) is 60.7 Å². The molecule has 1 saturated heterocycles. The minimum absolute atomic E-state index is 0.0121. The molecule has 238 valence electrons. The van der Waals surface area contributed by atoms with Crippen molar-refractivity contribution in [2.24, 2.45) is 5.73 Å². The molecule has 1 fully saturated rings. The summed E-state index contributed by atoms with van der Waals surface area (Å²) in [5.74, 6) is -3.00. The van der Waals surface area contributed by atoms with Crippen LogP contribution in [0.4, 0.5) is 4.79 Å². The Labute approximate surface area is 261 Å². The highest BCUT2D eigenvalue weighted by molar-refractivity contribution is 6.23. The Hall–Kier alpha value is -4.16. The molecular formula is C31H40ClN5O7. The van der Waals surface area contributed by atoms with E-state index in [4.69, 9.17) is 22.1 Å². The van der Waals surface area contributed by atoms with E-state index >= 15 is 0 Å². The Morgan fingerprint density at radius 3 is 2.16 bits per heavy atom. The number of amides is 5. The molecule has 1 heterocycles. The van der Waals surface area contributed by atoms with E-state index in [1.807, 2.05) is 0 Å². The van der Waals surface area contributed by atoms with E-state index in [9.17, 15) is 29.1 Å². The monoisotopic (exact) mass is 629 g/mol. The molecule has 0 saturated carbocycles. The molecule has 44 heavy (non-hydrogen) atoms. The maximum Gasteiger partial charge on any atom is 0.408 e. The number of nitrogens with zero attached hydrogens (tertiary/aromatic N) is 1. The lowest BCUT2D eigenvalue weighted by Gasteiger charge is -2.33. The van der Waals surface area contributed by atoms with Crippen molar-refractivity contribution in [2.45, 2.75) is 81.8 Å². The Balaban J connectivity index is 1.79. The summed E-state index contributed by atoms with van der Waals surface area (Å²) in [6, 6.07) is 13.9. The number of carbonyl (C=O) groups excluding carboxylic acids is 5. The molecule has 5 atom stereocenters. The second-order valence-corrected chi connectivity index (χ2v) is 12.3. The van der Waals surface area contributed by atoms with Crippen LogP contribution >= 0.6 is 11.6 Å². The van der Waals surface area contributed by atoms with Crippen molar-refractivity contribution in [3.05, 3.63) is 71.8 Å². The molecule has 13 heteroatoms. The first-order valence-electron chi connectivity index (χ1n) is 14.3. The van der Waals surface area contributed by atoms with Gasteiger partial charge in [-0.2, -0.15) is 0 Å². The summed E-state index contributed by atoms with van der Waals surface area (Å²) >= 11 is 6.44. The van der Waals surface area contributed by atoms with Gasteiger partial charge in [-0.3, -0.25) is 19.2 Å². The number of benzene rings is 2. The minimum Gasteiger partial charge on any atom is -0.445 e. The normalized spacial score (nSPS) is 18.4. The quantitative estimate of drug-likeness (QED) is 0.220. The van der Waals surface area contributed by atoms with E-state index in [1.165, 1.54) is 4.90 Å². The van der Waals surface area contributed by atoms with Gasteiger partial charge in [-0.05, 0) is 44.7 Å². The van der Waals surface area contributed by atoms with Crippen molar-refractivity contribution in [2.75, 3.05) is 6.54 Å². The van der Waals surface area contributed by atoms with Gasteiger partial charge in [-0.15, -0.1) is 11.6 Å². The fourth-order valence-electron chi connectivity index (χ4n) is 4.80. The van der Waals surface area contributed by atoms with Crippen molar-refractivity contribution < 1.29 is 33.8 Å². The zero-order chi connectivity index (χ0) is 32.4. The van der Waals surface area contributed by atoms with Crippen molar-refractivity contribution in [3.63, 3.8) is 0 Å². The van der Waals surface area contributed by atoms with Crippen LogP contribution in [0, 0.1) is 0 Å². The number of rotatable bonds is 12. The largest absolute Gasteiger partial charge is 0.445 e. The number of hydrogen-bond donors (Lipinski definition) is 5. The number of alkyl carbamates (subject to hydrolysis) is 1. The smallest absolute Gasteiger partial charge is 0.408 e. The van der Waals surface area contributed by atoms with E-state index < -0.39 is 71.3 Å². The second-order valence-electron chi connectivity index (χ2n) is 11.7. The van der Waals surface area contributed by atoms with Gasteiger partial charge in [0.2, 0.25) is 17.7 Å². The molecule has 5 amide bonds. The van der Waals surface area contributed by atoms with Gasteiger partial charge in [-0.1, -0.05) is 60.7 Å². The van der Waals surface area contributed by atoms with Gasteiger partial charge in [0.15, 0.2) is 6.10 Å². The Morgan fingerprint density at radius 1 is 1.00 bits per heavy atom. The third-order valence-electron chi connectivity index (χ3n) is 6.86. The number of likely N-dealkylation sites (tertiary alicyclic amines) is 1. The number of carbonyl (C=O) groups is 5. The van der Waals surface area contributed by atoms with Gasteiger partial charge in [0.1, 0.15) is 18.7 Å². The average molecular weight is 630 g/mol. The third kappa shape index (κ3) is 10.2. The first-order valence-corrected chi connectivity index (χ1v) is 14.7. The van der Waals surface area contributed by atoms with Crippen LogP contribution in [-0.4, -0.2) is 81.4 Å². The molecular weight excluding hydrogens is 590 g/mol. The number of hydrogen-bond acceptors (Lipinski definition) is 7. The SMILES string of the molecule is CC(C)(C)NC(=O)[C@H]1[C@@H](Cl)CCN1C(=O)[C@@H](O)[C@H](Cc1ccccc1)NC(=O)[C@H](CC(N)=O)NC(=O)OCc1ccccc1. The van der Waals surface area contributed by atoms with Crippen molar-refractivity contribution in [1.82, 2.24) is 20.9 Å². The molecule has 6 N–H and O–H groups in total. The van der Waals surface area contributed by atoms with Gasteiger partial charge < -0.3 is 36.4 Å². The molecule has 0 unspecified atom stereocenters. The van der Waals surface area contributed by atoms with Crippen LogP contribution in [0.25, 0.3) is 0 Å². The van der Waals surface area contributed by atoms with Crippen LogP contribution in [0.2, 0.25) is 0 Å². The van der Waals surface area contributed by atoms with Crippen molar-refractivity contribution in [1.29, 1.82) is 0 Å². The molecule has 12 nitrogen and oxygen atoms in total. The zero-order valence-corrected chi connectivity index (χ0v) is 25.8. The van der Waals surface area contributed by atoms with Gasteiger partial charge in [0, 0.05) is 12.1 Å². The number of nitrogens with one attached hydrogen (secondary N) is 3. The number of alkyl halides is 1. The zero-order valence-electron chi connectivity index (χ0n) is 25.0. The van der Waals surface area contributed by atoms with Crippen LogP contribution in [-0.2, 0) is 36.9 Å². The topological polar surface area (TPSA) is 180 Å². The standard InChI is InChI=1S/C31H40ClN5O7/c1-31(2,3)36-28(41)25-21(32)14-15-37(25)29(42)26(39)22(16-19-10-6-4-7-11-19)34-27(40)23(17-24(33)38)35-30(43)44-18-20-12-8-5-9-13-20/h4-13,21-23,25-26,39H,14-18H2,1-3H3,(H2,33,38)(H,34,40)(H,35,43)(H,36,41)/t21-,22-,23-,25+,26-/m0/s1. The maximum absolute atomic E-state index is 13.7. The van der Waals surface area contributed by atoms with E-state index in [2.05, 4.69) is 16.0 Å². The number of aliphatic hydroxyl groups is 1. The summed E-state index contributed by atoms with van der Waals surface area (Å²) < 4.78 is 5.18. The molecule has 2 aromatic rings. The van der Waals surface area contributed by atoms with Gasteiger partial charge in [0.25, 0.3) is 5.91 Å². The van der Waals surface area contributed by atoms with Crippen LogP contribution < -0.4 is 21.7 Å². The van der Waals surface area contributed by atoms with E-state index in [1.54, 1.807) is 81.4 Å². The number of primary amides is 1. The lowest BCUT2D eigenvalue weighted by Crippen LogP contribution is -2.60. The Morgan fingerprint density at radius 2 is 1.59 bits per heavy atom. The highest BCUT2D eigenvalue weighted by Crippen LogP contribution is 2.25. The summed E-state index contributed by atoms with van der Waals surface area (Å²) in [6.07, 6.45) is -3.00. The molecule has 1 aliphatic heterocycles. The molecule has 3 rings (SSSR count). The average Bonchev–Trinajstić information content (AvgIpc) is 3.36. The first-order chi connectivity index (χ1) is 20.7. The fraction of sp³-hybridized carbons (Fsp3) is 0.452. The van der Waals surface area contributed by atoms with Gasteiger partial charge in [0.05, 0.1) is 17.8 Å². The van der Waals surface area contributed by atoms with Crippen LogP contribution in [0.5, 0.6) is 0 Å². The lowest BCUT2D eigenvalue weighted by atomic mass is 9.99. The van der Waals surface area contributed by atoms with Crippen molar-refractivity contribution >= 4 is 41.3 Å². The maximum atomic E-state index is 13.7. The molecule has 0 aliphatic carbocycles. The number of ether oxygens (including phenoxy) is 1. The van der Waals surface area contributed by atoms with E-state index in [0.29, 0.717) is 17.5 Å². The van der Waals surface area contributed by atoms with Crippen LogP contribution in [0.3, 0.4) is 0 Å². The molecule has 0 aromatic heterocycles. The highest BCUT2D eigenvalue weighted by atomic mass is 35.5. The first kappa shape index (κ1) is 34.3. The molecule has 2 aromatic carbocycles. The molecule has 0 radical (unpaired) electrons.